The molecule has 7 heteroatoms. The fraction of sp³-hybridized carbons (Fsp3) is 0.538. The van der Waals surface area contributed by atoms with E-state index in [1.807, 2.05) is 18.2 Å². The van der Waals surface area contributed by atoms with Gasteiger partial charge in [0.15, 0.2) is 0 Å². The first-order valence-corrected chi connectivity index (χ1v) is 7.21. The van der Waals surface area contributed by atoms with Gasteiger partial charge >= 0.3 is 6.18 Å². The molecular formula is C13H17BrF3N3. The molecule has 3 nitrogen and oxygen atoms in total. The lowest BCUT2D eigenvalue weighted by Crippen LogP contribution is -2.49. The van der Waals surface area contributed by atoms with Crippen molar-refractivity contribution in [3.8, 4) is 0 Å². The number of rotatable bonds is 3. The second-order valence-electron chi connectivity index (χ2n) is 4.86. The van der Waals surface area contributed by atoms with Gasteiger partial charge in [0, 0.05) is 42.9 Å². The largest absolute Gasteiger partial charge is 0.401 e. The third kappa shape index (κ3) is 4.10. The van der Waals surface area contributed by atoms with Crippen LogP contribution >= 0.6 is 15.9 Å². The number of halogens is 4. The second kappa shape index (κ2) is 6.32. The van der Waals surface area contributed by atoms with Crippen molar-refractivity contribution in [2.24, 2.45) is 5.73 Å². The van der Waals surface area contributed by atoms with E-state index in [1.54, 1.807) is 0 Å². The quantitative estimate of drug-likeness (QED) is 0.908. The molecule has 0 aromatic heterocycles. The fourth-order valence-corrected chi connectivity index (χ4v) is 2.75. The number of anilines is 1. The van der Waals surface area contributed by atoms with Crippen molar-refractivity contribution in [2.45, 2.75) is 12.7 Å². The minimum atomic E-state index is -4.12. The number of benzene rings is 1. The molecule has 0 unspecified atom stereocenters. The van der Waals surface area contributed by atoms with Crippen LogP contribution in [0.3, 0.4) is 0 Å². The first-order chi connectivity index (χ1) is 9.39. The minimum absolute atomic E-state index is 0.413. The Morgan fingerprint density at radius 1 is 1.15 bits per heavy atom. The molecule has 0 atom stereocenters. The van der Waals surface area contributed by atoms with Crippen molar-refractivity contribution in [1.82, 2.24) is 4.90 Å². The Morgan fingerprint density at radius 2 is 1.80 bits per heavy atom. The molecule has 20 heavy (non-hydrogen) atoms. The van der Waals surface area contributed by atoms with Crippen LogP contribution in [-0.2, 0) is 6.54 Å². The highest BCUT2D eigenvalue weighted by atomic mass is 79.9. The summed E-state index contributed by atoms with van der Waals surface area (Å²) in [6.07, 6.45) is -4.12. The van der Waals surface area contributed by atoms with E-state index in [4.69, 9.17) is 5.73 Å². The molecule has 1 heterocycles. The molecule has 2 N–H and O–H groups in total. The number of piperazine rings is 1. The van der Waals surface area contributed by atoms with Gasteiger partial charge in [0.05, 0.1) is 6.54 Å². The molecule has 1 saturated heterocycles. The van der Waals surface area contributed by atoms with Gasteiger partial charge in [-0.05, 0) is 17.7 Å². The van der Waals surface area contributed by atoms with E-state index in [-0.39, 0.29) is 0 Å². The maximum Gasteiger partial charge on any atom is 0.401 e. The van der Waals surface area contributed by atoms with Gasteiger partial charge in [0.1, 0.15) is 0 Å². The summed E-state index contributed by atoms with van der Waals surface area (Å²) in [4.78, 5) is 3.54. The number of hydrogen-bond acceptors (Lipinski definition) is 3. The van der Waals surface area contributed by atoms with Gasteiger partial charge in [0.25, 0.3) is 0 Å². The highest BCUT2D eigenvalue weighted by Gasteiger charge is 2.32. The third-order valence-electron chi connectivity index (χ3n) is 3.38. The van der Waals surface area contributed by atoms with Gasteiger partial charge in [-0.3, -0.25) is 4.90 Å². The first kappa shape index (κ1) is 15.6. The molecule has 0 amide bonds. The maximum absolute atomic E-state index is 12.4. The molecule has 0 bridgehead atoms. The number of nitrogens with zero attached hydrogens (tertiary/aromatic N) is 2. The molecule has 2 rings (SSSR count). The summed E-state index contributed by atoms with van der Waals surface area (Å²) < 4.78 is 38.0. The Morgan fingerprint density at radius 3 is 2.35 bits per heavy atom. The lowest BCUT2D eigenvalue weighted by molar-refractivity contribution is -0.146. The van der Waals surface area contributed by atoms with Crippen LogP contribution in [0.5, 0.6) is 0 Å². The predicted octanol–water partition coefficient (Wildman–Crippen LogP) is 2.59. The summed E-state index contributed by atoms with van der Waals surface area (Å²) in [6.45, 7) is 1.58. The fourth-order valence-electron chi connectivity index (χ4n) is 2.40. The molecule has 0 spiro atoms. The van der Waals surface area contributed by atoms with E-state index in [0.717, 1.165) is 15.7 Å². The average molecular weight is 352 g/mol. The molecule has 112 valence electrons. The van der Waals surface area contributed by atoms with E-state index >= 15 is 0 Å². The van der Waals surface area contributed by atoms with Crippen LogP contribution in [0.2, 0.25) is 0 Å². The van der Waals surface area contributed by atoms with E-state index in [0.29, 0.717) is 32.7 Å². The third-order valence-corrected chi connectivity index (χ3v) is 3.88. The van der Waals surface area contributed by atoms with Gasteiger partial charge in [-0.1, -0.05) is 22.0 Å². The van der Waals surface area contributed by atoms with Gasteiger partial charge in [-0.25, -0.2) is 0 Å². The zero-order chi connectivity index (χ0) is 14.8. The molecule has 1 aliphatic rings. The Bertz CT molecular complexity index is 457. The van der Waals surface area contributed by atoms with Crippen molar-refractivity contribution in [1.29, 1.82) is 0 Å². The monoisotopic (exact) mass is 351 g/mol. The predicted molar refractivity (Wildman–Crippen MR) is 76.7 cm³/mol. The van der Waals surface area contributed by atoms with Crippen molar-refractivity contribution >= 4 is 21.6 Å². The standard InChI is InChI=1S/C13H17BrF3N3/c14-11-2-1-10(8-18)12(7-11)20-5-3-19(4-6-20)9-13(15,16)17/h1-2,7H,3-6,8-9,18H2. The van der Waals surface area contributed by atoms with Crippen LogP contribution in [0.25, 0.3) is 0 Å². The SMILES string of the molecule is NCc1ccc(Br)cc1N1CCN(CC(F)(F)F)CC1. The smallest absolute Gasteiger partial charge is 0.369 e. The number of nitrogens with two attached hydrogens (primary N) is 1. The minimum Gasteiger partial charge on any atom is -0.369 e. The van der Waals surface area contributed by atoms with E-state index in [1.165, 1.54) is 4.90 Å². The summed E-state index contributed by atoms with van der Waals surface area (Å²) in [5.74, 6) is 0. The van der Waals surface area contributed by atoms with Gasteiger partial charge in [-0.15, -0.1) is 0 Å². The molecule has 0 radical (unpaired) electrons. The highest BCUT2D eigenvalue weighted by molar-refractivity contribution is 9.10. The molecule has 1 aromatic rings. The summed E-state index contributed by atoms with van der Waals surface area (Å²) >= 11 is 3.42. The second-order valence-corrected chi connectivity index (χ2v) is 5.77. The van der Waals surface area contributed by atoms with Crippen molar-refractivity contribution in [3.63, 3.8) is 0 Å². The van der Waals surface area contributed by atoms with Crippen LogP contribution in [0.1, 0.15) is 5.56 Å². The Labute approximate surface area is 124 Å². The van der Waals surface area contributed by atoms with Crippen LogP contribution in [0.15, 0.2) is 22.7 Å². The maximum atomic E-state index is 12.4. The zero-order valence-corrected chi connectivity index (χ0v) is 12.5. The van der Waals surface area contributed by atoms with Crippen LogP contribution in [0, 0.1) is 0 Å². The summed E-state index contributed by atoms with van der Waals surface area (Å²) in [7, 11) is 0. The van der Waals surface area contributed by atoms with Crippen molar-refractivity contribution in [3.05, 3.63) is 28.2 Å². The van der Waals surface area contributed by atoms with Crippen molar-refractivity contribution in [2.75, 3.05) is 37.6 Å². The molecule has 0 saturated carbocycles. The number of hydrogen-bond donors (Lipinski definition) is 1. The Hall–Kier alpha value is -0.790. The van der Waals surface area contributed by atoms with E-state index in [9.17, 15) is 13.2 Å². The average Bonchev–Trinajstić information content (AvgIpc) is 2.38. The Kier molecular flexibility index (Phi) is 4.93. The van der Waals surface area contributed by atoms with Gasteiger partial charge < -0.3 is 10.6 Å². The first-order valence-electron chi connectivity index (χ1n) is 6.41. The molecular weight excluding hydrogens is 335 g/mol. The summed E-state index contributed by atoms with van der Waals surface area (Å²) in [6, 6.07) is 5.84. The molecule has 1 fully saturated rings. The normalized spacial score (nSPS) is 17.6. The van der Waals surface area contributed by atoms with Crippen molar-refractivity contribution < 1.29 is 13.2 Å². The molecule has 1 aromatic carbocycles. The lowest BCUT2D eigenvalue weighted by atomic mass is 10.1. The zero-order valence-electron chi connectivity index (χ0n) is 11.0. The Balaban J connectivity index is 2.02. The summed E-state index contributed by atoms with van der Waals surface area (Å²) in [5, 5.41) is 0. The lowest BCUT2D eigenvalue weighted by Gasteiger charge is -2.37. The van der Waals surface area contributed by atoms with Crippen LogP contribution < -0.4 is 10.6 Å². The molecule has 1 aliphatic heterocycles. The van der Waals surface area contributed by atoms with Crippen LogP contribution in [-0.4, -0.2) is 43.8 Å². The van der Waals surface area contributed by atoms with Crippen LogP contribution in [0.4, 0.5) is 18.9 Å². The topological polar surface area (TPSA) is 32.5 Å². The van der Waals surface area contributed by atoms with Gasteiger partial charge in [0.2, 0.25) is 0 Å². The highest BCUT2D eigenvalue weighted by Crippen LogP contribution is 2.26. The van der Waals surface area contributed by atoms with E-state index in [2.05, 4.69) is 20.8 Å². The van der Waals surface area contributed by atoms with E-state index < -0.39 is 12.7 Å². The molecule has 0 aliphatic carbocycles. The van der Waals surface area contributed by atoms with Gasteiger partial charge in [-0.2, -0.15) is 13.2 Å². The number of alkyl halides is 3. The summed E-state index contributed by atoms with van der Waals surface area (Å²) in [5.41, 5.74) is 7.74.